The lowest BCUT2D eigenvalue weighted by molar-refractivity contribution is 0.782. The standard InChI is InChI=1S/C17H18N4S/c1-3-15(13-8-5-4-6-9-13)22-17-20-19-16(21(17)2)14-10-7-11-18-12-14/h4-12,15H,3H2,1-2H3. The molecule has 112 valence electrons. The van der Waals surface area contributed by atoms with E-state index in [-0.39, 0.29) is 0 Å². The van der Waals surface area contributed by atoms with E-state index in [1.165, 1.54) is 5.56 Å². The molecule has 3 aromatic rings. The van der Waals surface area contributed by atoms with Crippen LogP contribution in [0.15, 0.2) is 60.0 Å². The topological polar surface area (TPSA) is 43.6 Å². The smallest absolute Gasteiger partial charge is 0.191 e. The Morgan fingerprint density at radius 2 is 1.91 bits per heavy atom. The maximum absolute atomic E-state index is 4.35. The Kier molecular flexibility index (Phi) is 4.53. The predicted molar refractivity (Wildman–Crippen MR) is 89.6 cm³/mol. The summed E-state index contributed by atoms with van der Waals surface area (Å²) < 4.78 is 2.04. The average Bonchev–Trinajstić information content (AvgIpc) is 2.95. The van der Waals surface area contributed by atoms with Crippen molar-refractivity contribution < 1.29 is 0 Å². The molecule has 0 fully saturated rings. The van der Waals surface area contributed by atoms with Crippen molar-refractivity contribution >= 4 is 11.8 Å². The highest BCUT2D eigenvalue weighted by molar-refractivity contribution is 7.99. The van der Waals surface area contributed by atoms with E-state index < -0.39 is 0 Å². The van der Waals surface area contributed by atoms with Gasteiger partial charge in [0.05, 0.1) is 0 Å². The van der Waals surface area contributed by atoms with Gasteiger partial charge >= 0.3 is 0 Å². The van der Waals surface area contributed by atoms with Crippen molar-refractivity contribution in [1.82, 2.24) is 19.7 Å². The van der Waals surface area contributed by atoms with Crippen LogP contribution in [0.1, 0.15) is 24.2 Å². The quantitative estimate of drug-likeness (QED) is 0.665. The fourth-order valence-corrected chi connectivity index (χ4v) is 3.39. The van der Waals surface area contributed by atoms with E-state index in [1.54, 1.807) is 18.0 Å². The molecule has 1 aromatic carbocycles. The second-order valence-corrected chi connectivity index (χ2v) is 6.20. The van der Waals surface area contributed by atoms with Crippen LogP contribution in [0, 0.1) is 0 Å². The van der Waals surface area contributed by atoms with E-state index in [2.05, 4.69) is 46.4 Å². The number of benzene rings is 1. The molecule has 0 aliphatic carbocycles. The maximum atomic E-state index is 4.35. The van der Waals surface area contributed by atoms with E-state index in [0.29, 0.717) is 5.25 Å². The molecule has 0 saturated heterocycles. The van der Waals surface area contributed by atoms with Gasteiger partial charge < -0.3 is 4.57 Å². The number of thioether (sulfide) groups is 1. The average molecular weight is 310 g/mol. The van der Waals surface area contributed by atoms with Crippen LogP contribution >= 0.6 is 11.8 Å². The molecule has 0 saturated carbocycles. The van der Waals surface area contributed by atoms with Crippen molar-refractivity contribution in [2.45, 2.75) is 23.8 Å². The van der Waals surface area contributed by atoms with E-state index >= 15 is 0 Å². The van der Waals surface area contributed by atoms with Crippen LogP contribution in [0.5, 0.6) is 0 Å². The predicted octanol–water partition coefficient (Wildman–Crippen LogP) is 4.12. The van der Waals surface area contributed by atoms with Crippen LogP contribution in [0.4, 0.5) is 0 Å². The number of rotatable bonds is 5. The number of aromatic nitrogens is 4. The largest absolute Gasteiger partial charge is 0.305 e. The highest BCUT2D eigenvalue weighted by atomic mass is 32.2. The van der Waals surface area contributed by atoms with Crippen molar-refractivity contribution in [2.24, 2.45) is 7.05 Å². The number of nitrogens with zero attached hydrogens (tertiary/aromatic N) is 4. The van der Waals surface area contributed by atoms with Crippen molar-refractivity contribution in [3.05, 3.63) is 60.4 Å². The Morgan fingerprint density at radius 3 is 2.59 bits per heavy atom. The van der Waals surface area contributed by atoms with Crippen LogP contribution < -0.4 is 0 Å². The Balaban J connectivity index is 1.86. The molecule has 0 N–H and O–H groups in total. The lowest BCUT2D eigenvalue weighted by Crippen LogP contribution is -1.98. The Bertz CT molecular complexity index is 725. The molecule has 3 rings (SSSR count). The SMILES string of the molecule is CCC(Sc1nnc(-c2cccnc2)n1C)c1ccccc1. The Morgan fingerprint density at radius 1 is 1.09 bits per heavy atom. The molecule has 0 aliphatic rings. The summed E-state index contributed by atoms with van der Waals surface area (Å²) >= 11 is 1.75. The zero-order valence-electron chi connectivity index (χ0n) is 12.7. The van der Waals surface area contributed by atoms with E-state index in [0.717, 1.165) is 23.0 Å². The van der Waals surface area contributed by atoms with Gasteiger partial charge in [-0.2, -0.15) is 0 Å². The van der Waals surface area contributed by atoms with Gasteiger partial charge in [0.2, 0.25) is 0 Å². The third kappa shape index (κ3) is 3.04. The van der Waals surface area contributed by atoms with Gasteiger partial charge in [-0.05, 0) is 24.1 Å². The lowest BCUT2D eigenvalue weighted by atomic mass is 10.1. The molecular weight excluding hydrogens is 292 g/mol. The van der Waals surface area contributed by atoms with Crippen molar-refractivity contribution in [2.75, 3.05) is 0 Å². The summed E-state index contributed by atoms with van der Waals surface area (Å²) in [5.41, 5.74) is 2.30. The van der Waals surface area contributed by atoms with Gasteiger partial charge in [-0.25, -0.2) is 0 Å². The van der Waals surface area contributed by atoms with Crippen LogP contribution in [-0.2, 0) is 7.05 Å². The summed E-state index contributed by atoms with van der Waals surface area (Å²) in [5, 5.41) is 9.98. The molecular formula is C17H18N4S. The molecule has 2 heterocycles. The third-order valence-corrected chi connectivity index (χ3v) is 5.00. The van der Waals surface area contributed by atoms with Crippen molar-refractivity contribution in [1.29, 1.82) is 0 Å². The van der Waals surface area contributed by atoms with Gasteiger partial charge in [-0.15, -0.1) is 10.2 Å². The van der Waals surface area contributed by atoms with Crippen molar-refractivity contribution in [3.63, 3.8) is 0 Å². The number of hydrogen-bond acceptors (Lipinski definition) is 4. The van der Waals surface area contributed by atoms with Crippen LogP contribution in [0.3, 0.4) is 0 Å². The minimum absolute atomic E-state index is 0.380. The molecule has 22 heavy (non-hydrogen) atoms. The van der Waals surface area contributed by atoms with Gasteiger partial charge in [-0.3, -0.25) is 4.98 Å². The summed E-state index contributed by atoms with van der Waals surface area (Å²) in [5.74, 6) is 0.846. The van der Waals surface area contributed by atoms with Gasteiger partial charge in [0.1, 0.15) is 0 Å². The minimum Gasteiger partial charge on any atom is -0.305 e. The summed E-state index contributed by atoms with van der Waals surface area (Å²) in [6.07, 6.45) is 4.62. The van der Waals surface area contributed by atoms with Gasteiger partial charge in [0, 0.05) is 30.3 Å². The monoisotopic (exact) mass is 310 g/mol. The first-order valence-corrected chi connectivity index (χ1v) is 8.19. The summed E-state index contributed by atoms with van der Waals surface area (Å²) in [6, 6.07) is 14.4. The zero-order valence-corrected chi connectivity index (χ0v) is 13.5. The summed E-state index contributed by atoms with van der Waals surface area (Å²) in [7, 11) is 2.00. The molecule has 0 amide bonds. The summed E-state index contributed by atoms with van der Waals surface area (Å²) in [6.45, 7) is 2.20. The van der Waals surface area contributed by atoms with Crippen molar-refractivity contribution in [3.8, 4) is 11.4 Å². The third-order valence-electron chi connectivity index (χ3n) is 3.54. The van der Waals surface area contributed by atoms with Gasteiger partial charge in [0.25, 0.3) is 0 Å². The Hall–Kier alpha value is -2.14. The maximum Gasteiger partial charge on any atom is 0.191 e. The molecule has 0 aliphatic heterocycles. The first-order valence-electron chi connectivity index (χ1n) is 7.31. The second kappa shape index (κ2) is 6.75. The number of hydrogen-bond donors (Lipinski definition) is 0. The summed E-state index contributed by atoms with van der Waals surface area (Å²) in [4.78, 5) is 4.15. The van der Waals surface area contributed by atoms with E-state index in [9.17, 15) is 0 Å². The minimum atomic E-state index is 0.380. The lowest BCUT2D eigenvalue weighted by Gasteiger charge is -2.14. The fraction of sp³-hybridized carbons (Fsp3) is 0.235. The molecule has 5 heteroatoms. The first kappa shape index (κ1) is 14.8. The van der Waals surface area contributed by atoms with Crippen LogP contribution in [-0.4, -0.2) is 19.7 Å². The first-order chi connectivity index (χ1) is 10.8. The number of pyridine rings is 1. The molecule has 0 spiro atoms. The van der Waals surface area contributed by atoms with Gasteiger partial charge in [0.15, 0.2) is 11.0 Å². The normalized spacial score (nSPS) is 12.3. The highest BCUT2D eigenvalue weighted by Gasteiger charge is 2.17. The molecule has 0 bridgehead atoms. The highest BCUT2D eigenvalue weighted by Crippen LogP contribution is 2.37. The van der Waals surface area contributed by atoms with Gasteiger partial charge in [-0.1, -0.05) is 49.0 Å². The van der Waals surface area contributed by atoms with E-state index in [1.807, 2.05) is 36.0 Å². The molecule has 0 radical (unpaired) electrons. The molecule has 4 nitrogen and oxygen atoms in total. The van der Waals surface area contributed by atoms with Crippen LogP contribution in [0.2, 0.25) is 0 Å². The van der Waals surface area contributed by atoms with E-state index in [4.69, 9.17) is 0 Å². The van der Waals surface area contributed by atoms with Crippen LogP contribution in [0.25, 0.3) is 11.4 Å². The second-order valence-electron chi connectivity index (χ2n) is 5.03. The molecule has 1 atom stereocenters. The molecule has 2 aromatic heterocycles. The fourth-order valence-electron chi connectivity index (χ4n) is 2.35. The molecule has 1 unspecified atom stereocenters. The zero-order chi connectivity index (χ0) is 15.4. The Labute approximate surface area is 134 Å².